The van der Waals surface area contributed by atoms with Crippen LogP contribution in [0.3, 0.4) is 0 Å². The van der Waals surface area contributed by atoms with Gasteiger partial charge in [-0.25, -0.2) is 4.79 Å². The van der Waals surface area contributed by atoms with Crippen LogP contribution in [0.5, 0.6) is 0 Å². The lowest BCUT2D eigenvalue weighted by molar-refractivity contribution is -0.147. The van der Waals surface area contributed by atoms with Crippen molar-refractivity contribution in [1.29, 1.82) is 0 Å². The van der Waals surface area contributed by atoms with E-state index in [9.17, 15) is 39.0 Å². The van der Waals surface area contributed by atoms with Crippen LogP contribution in [0.25, 0.3) is 0 Å². The minimum atomic E-state index is -1.77. The summed E-state index contributed by atoms with van der Waals surface area (Å²) in [5.74, 6) is -7.55. The summed E-state index contributed by atoms with van der Waals surface area (Å²) in [5, 5.41) is 34.0. The second-order valence-electron chi connectivity index (χ2n) is 8.18. The number of carbonyl (C=O) groups is 6. The number of nitrogens with one attached hydrogen (secondary N) is 3. The highest BCUT2D eigenvalue weighted by Crippen LogP contribution is 2.07. The van der Waals surface area contributed by atoms with Gasteiger partial charge in [-0.1, -0.05) is 44.2 Å². The van der Waals surface area contributed by atoms with Gasteiger partial charge in [-0.05, 0) is 11.5 Å². The number of carboxylic acids is 3. The third-order valence-electron chi connectivity index (χ3n) is 4.94. The molecule has 13 heteroatoms. The van der Waals surface area contributed by atoms with Crippen molar-refractivity contribution < 1.29 is 44.1 Å². The van der Waals surface area contributed by atoms with Crippen LogP contribution in [0.2, 0.25) is 0 Å². The minimum Gasteiger partial charge on any atom is -0.481 e. The Kier molecular flexibility index (Phi) is 11.3. The van der Waals surface area contributed by atoms with Gasteiger partial charge < -0.3 is 37.0 Å². The van der Waals surface area contributed by atoms with Crippen LogP contribution in [0.15, 0.2) is 30.3 Å². The maximum absolute atomic E-state index is 12.9. The molecule has 0 aliphatic rings. The van der Waals surface area contributed by atoms with E-state index in [1.165, 1.54) is 0 Å². The van der Waals surface area contributed by atoms with Crippen LogP contribution >= 0.6 is 0 Å². The fraction of sp³-hybridized carbons (Fsp3) is 0.455. The van der Waals surface area contributed by atoms with Gasteiger partial charge in [-0.15, -0.1) is 0 Å². The Morgan fingerprint density at radius 3 is 1.69 bits per heavy atom. The Labute approximate surface area is 201 Å². The third-order valence-corrected chi connectivity index (χ3v) is 4.94. The molecule has 1 rings (SSSR count). The van der Waals surface area contributed by atoms with Crippen molar-refractivity contribution in [3.8, 4) is 0 Å². The van der Waals surface area contributed by atoms with E-state index >= 15 is 0 Å². The van der Waals surface area contributed by atoms with Gasteiger partial charge in [0.05, 0.1) is 18.9 Å². The average molecular weight is 495 g/mol. The highest BCUT2D eigenvalue weighted by Gasteiger charge is 2.32. The Balaban J connectivity index is 3.15. The molecule has 0 bridgehead atoms. The first kappa shape index (κ1) is 29.0. The molecular weight excluding hydrogens is 464 g/mol. The van der Waals surface area contributed by atoms with Gasteiger partial charge in [0.2, 0.25) is 17.7 Å². The van der Waals surface area contributed by atoms with Crippen LogP contribution in [-0.2, 0) is 35.2 Å². The van der Waals surface area contributed by atoms with Gasteiger partial charge >= 0.3 is 17.9 Å². The molecule has 0 radical (unpaired) electrons. The second-order valence-corrected chi connectivity index (χ2v) is 8.18. The summed E-state index contributed by atoms with van der Waals surface area (Å²) >= 11 is 0. The van der Waals surface area contributed by atoms with E-state index < -0.39 is 72.6 Å². The summed E-state index contributed by atoms with van der Waals surface area (Å²) in [4.78, 5) is 71.6. The van der Waals surface area contributed by atoms with Gasteiger partial charge in [0, 0.05) is 6.42 Å². The van der Waals surface area contributed by atoms with E-state index in [1.807, 2.05) is 0 Å². The molecule has 0 aliphatic carbocycles. The summed E-state index contributed by atoms with van der Waals surface area (Å²) in [7, 11) is 0. The smallest absolute Gasteiger partial charge is 0.326 e. The summed E-state index contributed by atoms with van der Waals surface area (Å²) in [6.45, 7) is 3.32. The molecule has 4 unspecified atom stereocenters. The largest absolute Gasteiger partial charge is 0.481 e. The fourth-order valence-corrected chi connectivity index (χ4v) is 2.93. The van der Waals surface area contributed by atoms with Crippen LogP contribution in [0.1, 0.15) is 32.3 Å². The van der Waals surface area contributed by atoms with Crippen molar-refractivity contribution >= 4 is 35.6 Å². The number of aliphatic carboxylic acids is 3. The van der Waals surface area contributed by atoms with Crippen molar-refractivity contribution in [1.82, 2.24) is 16.0 Å². The zero-order valence-corrected chi connectivity index (χ0v) is 19.3. The predicted octanol–water partition coefficient (Wildman–Crippen LogP) is -1.30. The maximum Gasteiger partial charge on any atom is 0.326 e. The number of amides is 3. The minimum absolute atomic E-state index is 0.128. The Morgan fingerprint density at radius 1 is 0.743 bits per heavy atom. The van der Waals surface area contributed by atoms with Gasteiger partial charge in [0.1, 0.15) is 18.1 Å². The molecule has 0 fully saturated rings. The molecule has 8 N–H and O–H groups in total. The zero-order valence-electron chi connectivity index (χ0n) is 19.3. The van der Waals surface area contributed by atoms with E-state index in [2.05, 4.69) is 16.0 Å². The molecule has 0 saturated heterocycles. The number of hydrogen-bond acceptors (Lipinski definition) is 7. The number of carbonyl (C=O) groups excluding carboxylic acids is 3. The lowest BCUT2D eigenvalue weighted by Gasteiger charge is -2.25. The van der Waals surface area contributed by atoms with Gasteiger partial charge in [-0.3, -0.25) is 24.0 Å². The quantitative estimate of drug-likeness (QED) is 0.162. The lowest BCUT2D eigenvalue weighted by Crippen LogP contribution is -2.58. The summed E-state index contributed by atoms with van der Waals surface area (Å²) in [6, 6.07) is 2.53. The van der Waals surface area contributed by atoms with E-state index in [0.29, 0.717) is 5.56 Å². The van der Waals surface area contributed by atoms with Gasteiger partial charge in [0.15, 0.2) is 0 Å². The lowest BCUT2D eigenvalue weighted by atomic mass is 10.0. The van der Waals surface area contributed by atoms with Crippen molar-refractivity contribution in [3.63, 3.8) is 0 Å². The van der Waals surface area contributed by atoms with Crippen LogP contribution in [-0.4, -0.2) is 75.1 Å². The molecule has 1 aromatic rings. The zero-order chi connectivity index (χ0) is 26.7. The van der Waals surface area contributed by atoms with E-state index in [-0.39, 0.29) is 12.3 Å². The highest BCUT2D eigenvalue weighted by atomic mass is 16.4. The van der Waals surface area contributed by atoms with Crippen molar-refractivity contribution in [2.75, 3.05) is 0 Å². The Morgan fingerprint density at radius 2 is 1.20 bits per heavy atom. The average Bonchev–Trinajstić information content (AvgIpc) is 2.76. The van der Waals surface area contributed by atoms with Crippen molar-refractivity contribution in [2.45, 2.75) is 57.3 Å². The van der Waals surface area contributed by atoms with Crippen molar-refractivity contribution in [2.24, 2.45) is 11.7 Å². The summed E-state index contributed by atoms with van der Waals surface area (Å²) in [5.41, 5.74) is 6.32. The van der Waals surface area contributed by atoms with Crippen LogP contribution < -0.4 is 21.7 Å². The van der Waals surface area contributed by atoms with E-state index in [4.69, 9.17) is 10.8 Å². The second kappa shape index (κ2) is 13.6. The molecule has 0 aliphatic heterocycles. The monoisotopic (exact) mass is 494 g/mol. The first-order valence-corrected chi connectivity index (χ1v) is 10.7. The molecule has 35 heavy (non-hydrogen) atoms. The summed E-state index contributed by atoms with van der Waals surface area (Å²) < 4.78 is 0. The molecule has 0 spiro atoms. The first-order chi connectivity index (χ1) is 16.3. The normalized spacial score (nSPS) is 14.2. The van der Waals surface area contributed by atoms with Gasteiger partial charge in [-0.2, -0.15) is 0 Å². The molecule has 0 saturated carbocycles. The molecule has 3 amide bonds. The standard InChI is InChI=1S/C22H30N4O9/c1-11(2)18(23)21(33)25-14(9-16(27)28)20(32)24-13(8-12-6-4-3-5-7-12)19(31)26-15(22(34)35)10-17(29)30/h3-7,11,13-15,18H,8-10,23H2,1-2H3,(H,24,32)(H,25,33)(H,26,31)(H,27,28)(H,29,30)(H,34,35). The number of carboxylic acid groups (broad SMARTS) is 3. The number of nitrogens with two attached hydrogens (primary N) is 1. The molecular formula is C22H30N4O9. The number of rotatable bonds is 14. The first-order valence-electron chi connectivity index (χ1n) is 10.7. The molecule has 1 aromatic carbocycles. The number of hydrogen-bond donors (Lipinski definition) is 7. The van der Waals surface area contributed by atoms with E-state index in [1.54, 1.807) is 44.2 Å². The molecule has 4 atom stereocenters. The van der Waals surface area contributed by atoms with Crippen molar-refractivity contribution in [3.05, 3.63) is 35.9 Å². The third kappa shape index (κ3) is 10.2. The van der Waals surface area contributed by atoms with Crippen LogP contribution in [0.4, 0.5) is 0 Å². The molecule has 0 aromatic heterocycles. The topological polar surface area (TPSA) is 225 Å². The van der Waals surface area contributed by atoms with Gasteiger partial charge in [0.25, 0.3) is 0 Å². The number of benzene rings is 1. The molecule has 0 heterocycles. The summed E-state index contributed by atoms with van der Waals surface area (Å²) in [6.07, 6.45) is -1.84. The molecule has 13 nitrogen and oxygen atoms in total. The molecule has 192 valence electrons. The highest BCUT2D eigenvalue weighted by molar-refractivity contribution is 5.96. The Bertz CT molecular complexity index is 936. The van der Waals surface area contributed by atoms with E-state index in [0.717, 1.165) is 0 Å². The Hall–Kier alpha value is -4.00. The van der Waals surface area contributed by atoms with Crippen LogP contribution in [0, 0.1) is 5.92 Å². The fourth-order valence-electron chi connectivity index (χ4n) is 2.93. The predicted molar refractivity (Wildman–Crippen MR) is 121 cm³/mol. The SMILES string of the molecule is CC(C)C(N)C(=O)NC(CC(=O)O)C(=O)NC(Cc1ccccc1)C(=O)NC(CC(=O)O)C(=O)O. The maximum atomic E-state index is 12.9.